The largest absolute Gasteiger partial charge is 0.392 e. The molecule has 2 aliphatic rings. The fourth-order valence-electron chi connectivity index (χ4n) is 4.70. The molecule has 1 fully saturated rings. The third kappa shape index (κ3) is 5.41. The summed E-state index contributed by atoms with van der Waals surface area (Å²) in [4.78, 5) is 6.47. The molecule has 0 bridgehead atoms. The Morgan fingerprint density at radius 2 is 1.82 bits per heavy atom. The Morgan fingerprint density at radius 3 is 2.45 bits per heavy atom. The zero-order valence-corrected chi connectivity index (χ0v) is 19.8. The number of hydrogen-bond donors (Lipinski definition) is 2. The molecule has 3 aromatic carbocycles. The highest BCUT2D eigenvalue weighted by atomic mass is 16.3. The van der Waals surface area contributed by atoms with E-state index in [9.17, 15) is 0 Å². The Hall–Kier alpha value is -2.79. The molecule has 0 amide bonds. The molecule has 1 heterocycles. The minimum Gasteiger partial charge on any atom is -0.392 e. The molecule has 4 heteroatoms. The highest BCUT2D eigenvalue weighted by Gasteiger charge is 2.29. The van der Waals surface area contributed by atoms with Crippen LogP contribution in [0, 0.1) is 13.8 Å². The lowest BCUT2D eigenvalue weighted by molar-refractivity contribution is 0.126. The van der Waals surface area contributed by atoms with Crippen LogP contribution >= 0.6 is 0 Å². The third-order valence-electron chi connectivity index (χ3n) is 6.91. The lowest BCUT2D eigenvalue weighted by atomic mass is 9.92. The minimum absolute atomic E-state index is 0.106. The van der Waals surface area contributed by atoms with Gasteiger partial charge in [-0.25, -0.2) is 0 Å². The van der Waals surface area contributed by atoms with Crippen molar-refractivity contribution in [1.29, 1.82) is 0 Å². The maximum absolute atomic E-state index is 9.07. The second kappa shape index (κ2) is 10.4. The first-order valence-electron chi connectivity index (χ1n) is 11.8. The van der Waals surface area contributed by atoms with Gasteiger partial charge in [-0.3, -0.25) is 9.89 Å². The van der Waals surface area contributed by atoms with Crippen LogP contribution in [0.4, 0.5) is 0 Å². The van der Waals surface area contributed by atoms with Crippen LogP contribution in [0.25, 0.3) is 11.1 Å². The topological polar surface area (TPSA) is 61.8 Å². The molecule has 0 saturated heterocycles. The quantitative estimate of drug-likeness (QED) is 0.501. The summed E-state index contributed by atoms with van der Waals surface area (Å²) in [5.41, 5.74) is 15.7. The number of aryl methyl sites for hydroxylation is 2. The summed E-state index contributed by atoms with van der Waals surface area (Å²) in [6.45, 7) is 9.98. The lowest BCUT2D eigenvalue weighted by Crippen LogP contribution is -2.36. The Balaban J connectivity index is 0.000000157. The van der Waals surface area contributed by atoms with Crippen molar-refractivity contribution in [1.82, 2.24) is 4.90 Å². The Labute approximate surface area is 197 Å². The van der Waals surface area contributed by atoms with Crippen LogP contribution in [0.1, 0.15) is 58.8 Å². The molecular formula is C29H35N3O. The van der Waals surface area contributed by atoms with Crippen molar-refractivity contribution in [3.63, 3.8) is 0 Å². The van der Waals surface area contributed by atoms with Gasteiger partial charge in [-0.05, 0) is 72.4 Å². The average Bonchev–Trinajstić information content (AvgIpc) is 3.20. The number of aliphatic hydroxyl groups excluding tert-OH is 1. The second-order valence-corrected chi connectivity index (χ2v) is 9.32. The number of nitrogens with two attached hydrogens (primary N) is 1. The number of aliphatic hydroxyl groups is 1. The van der Waals surface area contributed by atoms with Crippen LogP contribution in [0.2, 0.25) is 0 Å². The summed E-state index contributed by atoms with van der Waals surface area (Å²) in [5, 5.41) is 9.07. The van der Waals surface area contributed by atoms with Crippen molar-refractivity contribution in [3.8, 4) is 11.1 Å². The smallest absolute Gasteiger partial charge is 0.122 e. The minimum atomic E-state index is -0.280. The van der Waals surface area contributed by atoms with Crippen LogP contribution in [-0.4, -0.2) is 22.8 Å². The predicted octanol–water partition coefficient (Wildman–Crippen LogP) is 5.68. The highest BCUT2D eigenvalue weighted by Crippen LogP contribution is 2.33. The Bertz CT molecular complexity index is 1120. The van der Waals surface area contributed by atoms with Gasteiger partial charge in [0, 0.05) is 19.1 Å². The van der Waals surface area contributed by atoms with Gasteiger partial charge in [0.25, 0.3) is 0 Å². The van der Waals surface area contributed by atoms with Gasteiger partial charge in [0.1, 0.15) is 6.17 Å². The molecule has 0 spiro atoms. The monoisotopic (exact) mass is 441 g/mol. The van der Waals surface area contributed by atoms with Crippen LogP contribution in [-0.2, 0) is 19.7 Å². The summed E-state index contributed by atoms with van der Waals surface area (Å²) in [7, 11) is 0. The van der Waals surface area contributed by atoms with E-state index in [2.05, 4.69) is 79.0 Å². The van der Waals surface area contributed by atoms with Crippen molar-refractivity contribution in [2.45, 2.75) is 65.0 Å². The molecule has 4 nitrogen and oxygen atoms in total. The molecule has 0 aromatic heterocycles. The molecule has 3 aromatic rings. The predicted molar refractivity (Wildman–Crippen MR) is 137 cm³/mol. The molecule has 1 saturated carbocycles. The first-order valence-corrected chi connectivity index (χ1v) is 11.8. The van der Waals surface area contributed by atoms with Crippen molar-refractivity contribution >= 4 is 6.72 Å². The Morgan fingerprint density at radius 1 is 1.03 bits per heavy atom. The van der Waals surface area contributed by atoms with E-state index in [0.29, 0.717) is 0 Å². The molecule has 172 valence electrons. The number of aliphatic imine (C=N–C) groups is 1. The number of benzene rings is 3. The van der Waals surface area contributed by atoms with E-state index < -0.39 is 0 Å². The van der Waals surface area contributed by atoms with Gasteiger partial charge in [0.05, 0.1) is 6.61 Å². The zero-order chi connectivity index (χ0) is 23.4. The van der Waals surface area contributed by atoms with Crippen molar-refractivity contribution in [2.24, 2.45) is 10.7 Å². The van der Waals surface area contributed by atoms with E-state index in [-0.39, 0.29) is 12.8 Å². The van der Waals surface area contributed by atoms with Crippen LogP contribution in [0.15, 0.2) is 65.7 Å². The summed E-state index contributed by atoms with van der Waals surface area (Å²) < 4.78 is 0. The highest BCUT2D eigenvalue weighted by molar-refractivity contribution is 5.68. The average molecular weight is 442 g/mol. The number of hydrogen-bond acceptors (Lipinski definition) is 4. The van der Waals surface area contributed by atoms with Gasteiger partial charge < -0.3 is 10.8 Å². The zero-order valence-electron chi connectivity index (χ0n) is 19.8. The van der Waals surface area contributed by atoms with E-state index in [4.69, 9.17) is 10.8 Å². The Kier molecular flexibility index (Phi) is 7.39. The molecule has 3 N–H and O–H groups in total. The maximum Gasteiger partial charge on any atom is 0.122 e. The van der Waals surface area contributed by atoms with E-state index in [1.54, 1.807) is 0 Å². The lowest BCUT2D eigenvalue weighted by Gasteiger charge is -2.34. The SMILES string of the molecule is C=NC(N)c1ccc2c(c1)CN(C1CCC1)C2.Cc1cccc(-c2ccc(CO)cc2C)c1. The van der Waals surface area contributed by atoms with Crippen LogP contribution < -0.4 is 5.73 Å². The number of nitrogens with zero attached hydrogens (tertiary/aromatic N) is 2. The number of rotatable bonds is 5. The fraction of sp³-hybridized carbons (Fsp3) is 0.345. The normalized spacial score (nSPS) is 16.4. The van der Waals surface area contributed by atoms with Gasteiger partial charge in [0.15, 0.2) is 0 Å². The molecule has 1 atom stereocenters. The van der Waals surface area contributed by atoms with Crippen molar-refractivity contribution in [3.05, 3.63) is 94.0 Å². The molecule has 5 rings (SSSR count). The van der Waals surface area contributed by atoms with Gasteiger partial charge in [-0.2, -0.15) is 0 Å². The van der Waals surface area contributed by atoms with E-state index in [1.807, 2.05) is 12.1 Å². The van der Waals surface area contributed by atoms with Crippen LogP contribution in [0.3, 0.4) is 0 Å². The second-order valence-electron chi connectivity index (χ2n) is 9.32. The van der Waals surface area contributed by atoms with Crippen LogP contribution in [0.5, 0.6) is 0 Å². The van der Waals surface area contributed by atoms with E-state index in [0.717, 1.165) is 30.3 Å². The number of fused-ring (bicyclic) bond motifs is 1. The fourth-order valence-corrected chi connectivity index (χ4v) is 4.70. The molecule has 1 unspecified atom stereocenters. The standard InChI is InChI=1S/C15H16O.C14H19N3/c1-11-4-3-5-14(8-11)15-7-6-13(10-16)9-12(15)2;1-16-14(15)10-5-6-11-8-17(9-12(11)7-10)13-3-2-4-13/h3-9,16H,10H2,1-2H3;5-7,13-14H,1-4,8-9,15H2. The van der Waals surface area contributed by atoms with E-state index in [1.165, 1.54) is 52.6 Å². The van der Waals surface area contributed by atoms with Gasteiger partial charge in [0.2, 0.25) is 0 Å². The first-order chi connectivity index (χ1) is 16.0. The molecule has 1 aliphatic carbocycles. The summed E-state index contributed by atoms with van der Waals surface area (Å²) in [6, 6.07) is 21.9. The molecular weight excluding hydrogens is 406 g/mol. The summed E-state index contributed by atoms with van der Waals surface area (Å²) in [6.07, 6.45) is 3.86. The summed E-state index contributed by atoms with van der Waals surface area (Å²) in [5.74, 6) is 0. The summed E-state index contributed by atoms with van der Waals surface area (Å²) >= 11 is 0. The van der Waals surface area contributed by atoms with Gasteiger partial charge in [-0.1, -0.05) is 72.6 Å². The maximum atomic E-state index is 9.07. The molecule has 0 radical (unpaired) electrons. The third-order valence-corrected chi connectivity index (χ3v) is 6.91. The first kappa shape index (κ1) is 23.4. The van der Waals surface area contributed by atoms with Crippen molar-refractivity contribution < 1.29 is 5.11 Å². The van der Waals surface area contributed by atoms with Crippen molar-refractivity contribution in [2.75, 3.05) is 0 Å². The van der Waals surface area contributed by atoms with E-state index >= 15 is 0 Å². The van der Waals surface area contributed by atoms with Gasteiger partial charge in [-0.15, -0.1) is 0 Å². The van der Waals surface area contributed by atoms with Gasteiger partial charge >= 0.3 is 0 Å². The molecule has 33 heavy (non-hydrogen) atoms. The molecule has 1 aliphatic heterocycles.